The SMILES string of the molecule is C=CCCC(NC(=O)OCC1c2ccccc2-c2ccccc21)C(=O)N[C@@H](CCC)C(=O)O. The highest BCUT2D eigenvalue weighted by Gasteiger charge is 2.30. The van der Waals surface area contributed by atoms with Gasteiger partial charge in [0.2, 0.25) is 5.91 Å². The second-order valence-electron chi connectivity index (χ2n) is 8.08. The normalized spacial score (nSPS) is 13.8. The number of amides is 2. The number of nitrogens with one attached hydrogen (secondary N) is 2. The highest BCUT2D eigenvalue weighted by atomic mass is 16.5. The Hall–Kier alpha value is -3.61. The van der Waals surface area contributed by atoms with E-state index in [1.165, 1.54) is 0 Å². The fourth-order valence-electron chi connectivity index (χ4n) is 4.15. The van der Waals surface area contributed by atoms with Crippen molar-refractivity contribution in [3.63, 3.8) is 0 Å². The predicted molar refractivity (Wildman–Crippen MR) is 126 cm³/mol. The molecular formula is C26H30N2O5. The van der Waals surface area contributed by atoms with E-state index in [4.69, 9.17) is 4.74 Å². The van der Waals surface area contributed by atoms with Gasteiger partial charge in [-0.1, -0.05) is 68.0 Å². The molecule has 0 aromatic heterocycles. The number of carboxylic acids is 1. The molecule has 0 spiro atoms. The first-order chi connectivity index (χ1) is 16.0. The van der Waals surface area contributed by atoms with Crippen molar-refractivity contribution in [2.75, 3.05) is 6.61 Å². The number of alkyl carbamates (subject to hydrolysis) is 1. The lowest BCUT2D eigenvalue weighted by atomic mass is 9.98. The first-order valence-corrected chi connectivity index (χ1v) is 11.2. The molecule has 0 saturated heterocycles. The van der Waals surface area contributed by atoms with Crippen LogP contribution in [-0.2, 0) is 14.3 Å². The van der Waals surface area contributed by atoms with Crippen molar-refractivity contribution in [2.45, 2.75) is 50.6 Å². The van der Waals surface area contributed by atoms with Crippen LogP contribution in [0.5, 0.6) is 0 Å². The zero-order valence-corrected chi connectivity index (χ0v) is 18.8. The number of rotatable bonds is 11. The minimum atomic E-state index is -1.10. The zero-order valence-electron chi connectivity index (χ0n) is 18.8. The average Bonchev–Trinajstić information content (AvgIpc) is 3.13. The molecule has 2 atom stereocenters. The Kier molecular flexibility index (Phi) is 8.24. The number of carboxylic acid groups (broad SMARTS) is 1. The second kappa shape index (κ2) is 11.3. The number of hydrogen-bond acceptors (Lipinski definition) is 4. The van der Waals surface area contributed by atoms with Gasteiger partial charge in [-0.05, 0) is 41.5 Å². The molecule has 174 valence electrons. The van der Waals surface area contributed by atoms with Gasteiger partial charge in [0, 0.05) is 5.92 Å². The van der Waals surface area contributed by atoms with Crippen molar-refractivity contribution < 1.29 is 24.2 Å². The monoisotopic (exact) mass is 450 g/mol. The summed E-state index contributed by atoms with van der Waals surface area (Å²) >= 11 is 0. The van der Waals surface area contributed by atoms with Crippen LogP contribution in [0.1, 0.15) is 49.7 Å². The molecule has 2 amide bonds. The Morgan fingerprint density at radius 2 is 1.61 bits per heavy atom. The zero-order chi connectivity index (χ0) is 23.8. The molecule has 1 aliphatic rings. The van der Waals surface area contributed by atoms with Crippen molar-refractivity contribution in [3.05, 3.63) is 72.3 Å². The summed E-state index contributed by atoms with van der Waals surface area (Å²) in [6, 6.07) is 14.1. The summed E-state index contributed by atoms with van der Waals surface area (Å²) in [4.78, 5) is 36.7. The van der Waals surface area contributed by atoms with Crippen molar-refractivity contribution >= 4 is 18.0 Å². The Bertz CT molecular complexity index is 974. The van der Waals surface area contributed by atoms with E-state index >= 15 is 0 Å². The van der Waals surface area contributed by atoms with Gasteiger partial charge in [-0.2, -0.15) is 0 Å². The minimum absolute atomic E-state index is 0.0930. The highest BCUT2D eigenvalue weighted by Crippen LogP contribution is 2.44. The van der Waals surface area contributed by atoms with Crippen LogP contribution in [0.15, 0.2) is 61.2 Å². The van der Waals surface area contributed by atoms with Gasteiger partial charge in [0.15, 0.2) is 0 Å². The van der Waals surface area contributed by atoms with Crippen LogP contribution in [0.4, 0.5) is 4.79 Å². The summed E-state index contributed by atoms with van der Waals surface area (Å²) in [6.45, 7) is 5.62. The molecule has 3 N–H and O–H groups in total. The Morgan fingerprint density at radius 1 is 1.00 bits per heavy atom. The standard InChI is InChI=1S/C26H30N2O5/c1-3-5-15-22(24(29)27-23(10-4-2)25(30)31)28-26(32)33-16-21-19-13-8-6-11-17(19)18-12-7-9-14-20(18)21/h3,6-9,11-14,21-23H,1,4-5,10,15-16H2,2H3,(H,27,29)(H,28,32)(H,30,31)/t22?,23-/m0/s1. The molecule has 1 aliphatic carbocycles. The predicted octanol–water partition coefficient (Wildman–Crippen LogP) is 4.23. The van der Waals surface area contributed by atoms with Gasteiger partial charge in [0.05, 0.1) is 0 Å². The van der Waals surface area contributed by atoms with Crippen LogP contribution < -0.4 is 10.6 Å². The molecule has 2 aromatic rings. The summed E-state index contributed by atoms with van der Waals surface area (Å²) in [7, 11) is 0. The van der Waals surface area contributed by atoms with Gasteiger partial charge in [-0.15, -0.1) is 6.58 Å². The quantitative estimate of drug-likeness (QED) is 0.445. The van der Waals surface area contributed by atoms with Gasteiger partial charge in [-0.25, -0.2) is 9.59 Å². The van der Waals surface area contributed by atoms with Crippen LogP contribution in [0.25, 0.3) is 11.1 Å². The number of fused-ring (bicyclic) bond motifs is 3. The van der Waals surface area contributed by atoms with E-state index in [2.05, 4.69) is 29.3 Å². The maximum atomic E-state index is 12.7. The number of carbonyl (C=O) groups excluding carboxylic acids is 2. The molecule has 7 nitrogen and oxygen atoms in total. The van der Waals surface area contributed by atoms with Gasteiger partial charge < -0.3 is 20.5 Å². The number of carbonyl (C=O) groups is 3. The van der Waals surface area contributed by atoms with Crippen molar-refractivity contribution in [2.24, 2.45) is 0 Å². The van der Waals surface area contributed by atoms with Crippen LogP contribution in [0, 0.1) is 0 Å². The maximum Gasteiger partial charge on any atom is 0.407 e. The molecule has 0 saturated carbocycles. The van der Waals surface area contributed by atoms with E-state index < -0.39 is 30.1 Å². The smallest absolute Gasteiger partial charge is 0.407 e. The fourth-order valence-corrected chi connectivity index (χ4v) is 4.15. The fraction of sp³-hybridized carbons (Fsp3) is 0.346. The molecule has 1 unspecified atom stereocenters. The first kappa shape index (κ1) is 24.0. The van der Waals surface area contributed by atoms with Crippen LogP contribution in [0.2, 0.25) is 0 Å². The number of ether oxygens (including phenoxy) is 1. The Morgan fingerprint density at radius 3 is 2.15 bits per heavy atom. The Balaban J connectivity index is 1.65. The number of aliphatic carboxylic acids is 1. The van der Waals surface area contributed by atoms with Crippen molar-refractivity contribution in [3.8, 4) is 11.1 Å². The van der Waals surface area contributed by atoms with E-state index in [0.717, 1.165) is 22.3 Å². The minimum Gasteiger partial charge on any atom is -0.480 e. The molecule has 33 heavy (non-hydrogen) atoms. The lowest BCUT2D eigenvalue weighted by Gasteiger charge is -2.21. The van der Waals surface area contributed by atoms with Gasteiger partial charge in [-0.3, -0.25) is 4.79 Å². The molecule has 0 fully saturated rings. The summed E-state index contributed by atoms with van der Waals surface area (Å²) in [5, 5.41) is 14.4. The van der Waals surface area contributed by atoms with Gasteiger partial charge in [0.1, 0.15) is 18.7 Å². The molecule has 0 bridgehead atoms. The summed E-state index contributed by atoms with van der Waals surface area (Å²) in [6.07, 6.45) is 2.60. The largest absolute Gasteiger partial charge is 0.480 e. The average molecular weight is 451 g/mol. The van der Waals surface area contributed by atoms with Gasteiger partial charge in [0.25, 0.3) is 0 Å². The molecular weight excluding hydrogens is 420 g/mol. The molecule has 0 radical (unpaired) electrons. The molecule has 0 heterocycles. The van der Waals surface area contributed by atoms with Crippen molar-refractivity contribution in [1.82, 2.24) is 10.6 Å². The van der Waals surface area contributed by atoms with Crippen molar-refractivity contribution in [1.29, 1.82) is 0 Å². The van der Waals surface area contributed by atoms with E-state index in [1.54, 1.807) is 6.08 Å². The third-order valence-electron chi connectivity index (χ3n) is 5.80. The van der Waals surface area contributed by atoms with E-state index in [9.17, 15) is 19.5 Å². The third-order valence-corrected chi connectivity index (χ3v) is 5.80. The van der Waals surface area contributed by atoms with E-state index in [1.807, 2.05) is 43.3 Å². The number of benzene rings is 2. The number of hydrogen-bond donors (Lipinski definition) is 3. The molecule has 2 aromatic carbocycles. The molecule has 0 aliphatic heterocycles. The molecule has 3 rings (SSSR count). The lowest BCUT2D eigenvalue weighted by Crippen LogP contribution is -2.51. The first-order valence-electron chi connectivity index (χ1n) is 11.2. The number of allylic oxidation sites excluding steroid dienone is 1. The highest BCUT2D eigenvalue weighted by molar-refractivity contribution is 5.89. The van der Waals surface area contributed by atoms with Crippen LogP contribution in [0.3, 0.4) is 0 Å². The summed E-state index contributed by atoms with van der Waals surface area (Å²) in [5.74, 6) is -1.75. The van der Waals surface area contributed by atoms with Crippen LogP contribution in [-0.4, -0.2) is 41.8 Å². The van der Waals surface area contributed by atoms with Gasteiger partial charge >= 0.3 is 12.1 Å². The van der Waals surface area contributed by atoms with E-state index in [0.29, 0.717) is 19.3 Å². The summed E-state index contributed by atoms with van der Waals surface area (Å²) in [5.41, 5.74) is 4.44. The third kappa shape index (κ3) is 5.80. The van der Waals surface area contributed by atoms with E-state index in [-0.39, 0.29) is 18.9 Å². The maximum absolute atomic E-state index is 12.7. The molecule has 7 heteroatoms. The Labute approximate surface area is 193 Å². The second-order valence-corrected chi connectivity index (χ2v) is 8.08. The topological polar surface area (TPSA) is 105 Å². The van der Waals surface area contributed by atoms with Crippen LogP contribution >= 0.6 is 0 Å². The summed E-state index contributed by atoms with van der Waals surface area (Å²) < 4.78 is 5.53. The lowest BCUT2D eigenvalue weighted by molar-refractivity contribution is -0.142.